The molecule has 0 saturated heterocycles. The number of aromatic nitrogens is 1. The second kappa shape index (κ2) is 7.93. The lowest BCUT2D eigenvalue weighted by molar-refractivity contribution is -0.145. The van der Waals surface area contributed by atoms with Crippen LogP contribution in [0.1, 0.15) is 11.6 Å². The van der Waals surface area contributed by atoms with E-state index in [1.165, 1.54) is 7.11 Å². The van der Waals surface area contributed by atoms with E-state index in [4.69, 9.17) is 16.3 Å². The first-order chi connectivity index (χ1) is 12.5. The molecule has 0 bridgehead atoms. The maximum atomic E-state index is 12.5. The Balaban J connectivity index is 1.80. The topological polar surface area (TPSA) is 60.3 Å². The van der Waals surface area contributed by atoms with Gasteiger partial charge in [-0.3, -0.25) is 4.79 Å². The number of carbonyl (C=O) groups is 2. The molecule has 1 amide bonds. The zero-order valence-electron chi connectivity index (χ0n) is 13.9. The quantitative estimate of drug-likeness (QED) is 0.614. The number of rotatable bonds is 5. The van der Waals surface area contributed by atoms with Crippen LogP contribution < -0.4 is 5.32 Å². The first kappa shape index (κ1) is 18.5. The summed E-state index contributed by atoms with van der Waals surface area (Å²) < 4.78 is 7.50. The molecule has 3 rings (SSSR count). The van der Waals surface area contributed by atoms with Crippen molar-refractivity contribution < 1.29 is 14.3 Å². The lowest BCUT2D eigenvalue weighted by atomic mass is 10.1. The van der Waals surface area contributed by atoms with E-state index < -0.39 is 12.0 Å². The van der Waals surface area contributed by atoms with Gasteiger partial charge < -0.3 is 14.6 Å². The molecule has 134 valence electrons. The highest BCUT2D eigenvalue weighted by molar-refractivity contribution is 9.10. The number of ether oxygens (including phenoxy) is 1. The molecule has 0 aliphatic heterocycles. The lowest BCUT2D eigenvalue weighted by Crippen LogP contribution is -2.36. The number of fused-ring (bicyclic) bond motifs is 1. The first-order valence-corrected chi connectivity index (χ1v) is 9.02. The van der Waals surface area contributed by atoms with Crippen LogP contribution in [0.3, 0.4) is 0 Å². The smallest absolute Gasteiger partial charge is 0.333 e. The number of methoxy groups -OCH3 is 1. The normalized spacial score (nSPS) is 12.0. The van der Waals surface area contributed by atoms with Crippen molar-refractivity contribution in [2.75, 3.05) is 7.11 Å². The molecular formula is C19H16BrClN2O3. The van der Waals surface area contributed by atoms with Crippen LogP contribution in [0.15, 0.2) is 59.2 Å². The monoisotopic (exact) mass is 434 g/mol. The van der Waals surface area contributed by atoms with Crippen molar-refractivity contribution in [2.24, 2.45) is 0 Å². The van der Waals surface area contributed by atoms with Crippen molar-refractivity contribution in [1.82, 2.24) is 9.88 Å². The minimum Gasteiger partial charge on any atom is -0.467 e. The summed E-state index contributed by atoms with van der Waals surface area (Å²) in [6.07, 6.45) is 1.81. The van der Waals surface area contributed by atoms with E-state index in [0.29, 0.717) is 10.6 Å². The number of esters is 1. The Labute approximate surface area is 164 Å². The van der Waals surface area contributed by atoms with E-state index in [-0.39, 0.29) is 12.5 Å². The lowest BCUT2D eigenvalue weighted by Gasteiger charge is -2.17. The Morgan fingerprint density at radius 3 is 2.62 bits per heavy atom. The van der Waals surface area contributed by atoms with Crippen LogP contribution in [0.5, 0.6) is 0 Å². The molecule has 7 heteroatoms. The molecule has 2 aromatic carbocycles. The summed E-state index contributed by atoms with van der Waals surface area (Å²) in [6.45, 7) is 0.0634. The van der Waals surface area contributed by atoms with Gasteiger partial charge in [-0.15, -0.1) is 0 Å². The molecule has 0 radical (unpaired) electrons. The number of carbonyl (C=O) groups excluding carboxylic acids is 2. The van der Waals surface area contributed by atoms with E-state index in [2.05, 4.69) is 21.2 Å². The highest BCUT2D eigenvalue weighted by Crippen LogP contribution is 2.21. The highest BCUT2D eigenvalue weighted by atomic mass is 79.9. The summed E-state index contributed by atoms with van der Waals surface area (Å²) in [5.74, 6) is -0.832. The molecule has 1 heterocycles. The van der Waals surface area contributed by atoms with Gasteiger partial charge in [-0.2, -0.15) is 0 Å². The van der Waals surface area contributed by atoms with Crippen LogP contribution in [0.2, 0.25) is 5.02 Å². The van der Waals surface area contributed by atoms with Crippen LogP contribution in [0.4, 0.5) is 0 Å². The van der Waals surface area contributed by atoms with Crippen molar-refractivity contribution in [2.45, 2.75) is 12.6 Å². The van der Waals surface area contributed by atoms with Crippen LogP contribution >= 0.6 is 27.5 Å². The average Bonchev–Trinajstić information content (AvgIpc) is 3.02. The summed E-state index contributed by atoms with van der Waals surface area (Å²) in [6, 6.07) is 13.7. The Kier molecular flexibility index (Phi) is 5.64. The maximum absolute atomic E-state index is 12.5. The van der Waals surface area contributed by atoms with Gasteiger partial charge in [-0.25, -0.2) is 4.79 Å². The largest absolute Gasteiger partial charge is 0.467 e. The van der Waals surface area contributed by atoms with E-state index in [0.717, 1.165) is 15.4 Å². The molecule has 1 aromatic heterocycles. The maximum Gasteiger partial charge on any atom is 0.333 e. The molecule has 1 unspecified atom stereocenters. The Morgan fingerprint density at radius 2 is 1.92 bits per heavy atom. The van der Waals surface area contributed by atoms with Gasteiger partial charge >= 0.3 is 5.97 Å². The minimum atomic E-state index is -0.869. The molecule has 0 saturated carbocycles. The number of amides is 1. The van der Waals surface area contributed by atoms with Crippen molar-refractivity contribution in [3.05, 3.63) is 69.8 Å². The van der Waals surface area contributed by atoms with Gasteiger partial charge in [0, 0.05) is 21.2 Å². The van der Waals surface area contributed by atoms with Gasteiger partial charge in [-0.05, 0) is 41.3 Å². The Bertz CT molecular complexity index is 953. The van der Waals surface area contributed by atoms with E-state index >= 15 is 0 Å². The summed E-state index contributed by atoms with van der Waals surface area (Å²) in [5, 5.41) is 4.32. The van der Waals surface area contributed by atoms with Gasteiger partial charge in [0.25, 0.3) is 0 Å². The van der Waals surface area contributed by atoms with E-state index in [1.807, 2.05) is 18.3 Å². The third-order valence-corrected chi connectivity index (χ3v) is 4.76. The summed E-state index contributed by atoms with van der Waals surface area (Å²) >= 11 is 9.39. The number of hydrogen-bond acceptors (Lipinski definition) is 3. The molecule has 3 aromatic rings. The fourth-order valence-corrected chi connectivity index (χ4v) is 3.14. The average molecular weight is 436 g/mol. The number of halogens is 2. The van der Waals surface area contributed by atoms with Crippen LogP contribution in [-0.2, 0) is 20.9 Å². The second-order valence-electron chi connectivity index (χ2n) is 5.72. The van der Waals surface area contributed by atoms with Gasteiger partial charge in [0.2, 0.25) is 5.91 Å². The van der Waals surface area contributed by atoms with Crippen LogP contribution in [0.25, 0.3) is 10.9 Å². The fraction of sp³-hybridized carbons (Fsp3) is 0.158. The SMILES string of the molecule is COC(=O)C(NC(=O)Cn1ccc2ccc(Cl)cc21)c1ccc(Br)cc1. The molecule has 0 spiro atoms. The standard InChI is InChI=1S/C19H16BrClN2O3/c1-26-19(25)18(13-2-5-14(20)6-3-13)22-17(24)11-23-9-8-12-4-7-15(21)10-16(12)23/h2-10,18H,11H2,1H3,(H,22,24). The Hall–Kier alpha value is -2.31. The zero-order valence-corrected chi connectivity index (χ0v) is 16.3. The van der Waals surface area contributed by atoms with Gasteiger partial charge in [0.05, 0.1) is 7.11 Å². The summed E-state index contributed by atoms with van der Waals surface area (Å²) in [4.78, 5) is 24.6. The molecule has 5 nitrogen and oxygen atoms in total. The predicted molar refractivity (Wildman–Crippen MR) is 104 cm³/mol. The minimum absolute atomic E-state index is 0.0634. The van der Waals surface area contributed by atoms with E-state index in [9.17, 15) is 9.59 Å². The molecular weight excluding hydrogens is 420 g/mol. The first-order valence-electron chi connectivity index (χ1n) is 7.85. The number of nitrogens with one attached hydrogen (secondary N) is 1. The van der Waals surface area contributed by atoms with Crippen molar-refractivity contribution in [3.8, 4) is 0 Å². The van der Waals surface area contributed by atoms with Crippen molar-refractivity contribution >= 4 is 50.3 Å². The van der Waals surface area contributed by atoms with Gasteiger partial charge in [-0.1, -0.05) is 45.7 Å². The van der Waals surface area contributed by atoms with Gasteiger partial charge in [0.1, 0.15) is 6.54 Å². The predicted octanol–water partition coefficient (Wildman–Crippen LogP) is 4.09. The molecule has 26 heavy (non-hydrogen) atoms. The molecule has 0 aliphatic carbocycles. The third-order valence-electron chi connectivity index (χ3n) is 4.00. The van der Waals surface area contributed by atoms with Crippen LogP contribution in [-0.4, -0.2) is 23.6 Å². The summed E-state index contributed by atoms with van der Waals surface area (Å²) in [7, 11) is 1.29. The van der Waals surface area contributed by atoms with Crippen LogP contribution in [0, 0.1) is 0 Å². The second-order valence-corrected chi connectivity index (χ2v) is 7.07. The zero-order chi connectivity index (χ0) is 18.7. The van der Waals surface area contributed by atoms with Crippen molar-refractivity contribution in [1.29, 1.82) is 0 Å². The number of benzene rings is 2. The number of nitrogens with zero attached hydrogens (tertiary/aromatic N) is 1. The van der Waals surface area contributed by atoms with Gasteiger partial charge in [0.15, 0.2) is 6.04 Å². The fourth-order valence-electron chi connectivity index (χ4n) is 2.71. The molecule has 0 fully saturated rings. The molecule has 1 N–H and O–H groups in total. The Morgan fingerprint density at radius 1 is 1.19 bits per heavy atom. The van der Waals surface area contributed by atoms with E-state index in [1.54, 1.807) is 41.0 Å². The highest BCUT2D eigenvalue weighted by Gasteiger charge is 2.23. The third kappa shape index (κ3) is 4.08. The summed E-state index contributed by atoms with van der Waals surface area (Å²) in [5.41, 5.74) is 1.50. The van der Waals surface area contributed by atoms with Crippen molar-refractivity contribution in [3.63, 3.8) is 0 Å². The number of hydrogen-bond donors (Lipinski definition) is 1. The molecule has 0 aliphatic rings. The molecule has 1 atom stereocenters.